The molecule has 0 unspecified atom stereocenters. The average Bonchev–Trinajstić information content (AvgIpc) is 3.09. The predicted molar refractivity (Wildman–Crippen MR) is 105 cm³/mol. The Morgan fingerprint density at radius 2 is 2.13 bits per heavy atom. The molecule has 23 heavy (non-hydrogen) atoms. The standard InChI is InChI=1S/C17H15ClINO2S/c1-21-15-9-12(17-20-6-7-23-17)8-14(19)16(15)22-10-11-4-2-3-5-13(11)18/h2-5,8-9H,6-7,10H2,1H3. The van der Waals surface area contributed by atoms with Crippen LogP contribution in [-0.2, 0) is 6.61 Å². The summed E-state index contributed by atoms with van der Waals surface area (Å²) in [4.78, 5) is 4.52. The molecule has 2 aromatic carbocycles. The number of ether oxygens (including phenoxy) is 2. The Morgan fingerprint density at radius 1 is 1.30 bits per heavy atom. The number of rotatable bonds is 5. The van der Waals surface area contributed by atoms with Crippen molar-refractivity contribution in [2.45, 2.75) is 6.61 Å². The van der Waals surface area contributed by atoms with Gasteiger partial charge in [0, 0.05) is 28.4 Å². The zero-order valence-electron chi connectivity index (χ0n) is 12.5. The van der Waals surface area contributed by atoms with Crippen molar-refractivity contribution in [2.24, 2.45) is 4.99 Å². The van der Waals surface area contributed by atoms with Crippen molar-refractivity contribution < 1.29 is 9.47 Å². The monoisotopic (exact) mass is 459 g/mol. The van der Waals surface area contributed by atoms with Crippen LogP contribution in [0, 0.1) is 3.57 Å². The molecule has 3 nitrogen and oxygen atoms in total. The van der Waals surface area contributed by atoms with Crippen molar-refractivity contribution in [2.75, 3.05) is 19.4 Å². The first kappa shape index (κ1) is 16.9. The molecule has 0 aliphatic carbocycles. The molecular weight excluding hydrogens is 445 g/mol. The highest BCUT2D eigenvalue weighted by molar-refractivity contribution is 14.1. The molecule has 6 heteroatoms. The van der Waals surface area contributed by atoms with Crippen LogP contribution < -0.4 is 9.47 Å². The van der Waals surface area contributed by atoms with Gasteiger partial charge in [-0.3, -0.25) is 4.99 Å². The molecule has 1 aliphatic rings. The quantitative estimate of drug-likeness (QED) is 0.588. The summed E-state index contributed by atoms with van der Waals surface area (Å²) < 4.78 is 12.5. The van der Waals surface area contributed by atoms with E-state index >= 15 is 0 Å². The Hall–Kier alpha value is -0.920. The average molecular weight is 460 g/mol. The molecule has 0 amide bonds. The molecular formula is C17H15ClINO2S. The number of hydrogen-bond donors (Lipinski definition) is 0. The minimum absolute atomic E-state index is 0.404. The smallest absolute Gasteiger partial charge is 0.174 e. The van der Waals surface area contributed by atoms with Crippen molar-refractivity contribution in [3.05, 3.63) is 56.1 Å². The number of halogens is 2. The summed E-state index contributed by atoms with van der Waals surface area (Å²) in [7, 11) is 1.65. The highest BCUT2D eigenvalue weighted by atomic mass is 127. The first-order chi connectivity index (χ1) is 11.2. The first-order valence-electron chi connectivity index (χ1n) is 7.10. The third-order valence-corrected chi connectivity index (χ3v) is 5.59. The van der Waals surface area contributed by atoms with Crippen LogP contribution in [0.4, 0.5) is 0 Å². The normalized spacial score (nSPS) is 13.8. The highest BCUT2D eigenvalue weighted by Crippen LogP contribution is 2.36. The molecule has 0 fully saturated rings. The van der Waals surface area contributed by atoms with Gasteiger partial charge in [-0.25, -0.2) is 0 Å². The molecule has 1 aliphatic heterocycles. The molecule has 0 aromatic heterocycles. The van der Waals surface area contributed by atoms with Gasteiger partial charge in [0.05, 0.1) is 15.7 Å². The fraction of sp³-hybridized carbons (Fsp3) is 0.235. The molecule has 2 aromatic rings. The number of thioether (sulfide) groups is 1. The molecule has 3 rings (SSSR count). The van der Waals surface area contributed by atoms with E-state index in [0.29, 0.717) is 17.4 Å². The second kappa shape index (κ2) is 7.77. The molecule has 0 atom stereocenters. The number of benzene rings is 2. The lowest BCUT2D eigenvalue weighted by molar-refractivity contribution is 0.282. The molecule has 120 valence electrons. The number of aliphatic imine (C=N–C) groups is 1. The van der Waals surface area contributed by atoms with Crippen LogP contribution in [0.5, 0.6) is 11.5 Å². The van der Waals surface area contributed by atoms with E-state index in [2.05, 4.69) is 33.6 Å². The summed E-state index contributed by atoms with van der Waals surface area (Å²) in [6.45, 7) is 1.28. The minimum Gasteiger partial charge on any atom is -0.493 e. The van der Waals surface area contributed by atoms with E-state index in [1.54, 1.807) is 18.9 Å². The maximum atomic E-state index is 6.18. The zero-order valence-corrected chi connectivity index (χ0v) is 16.2. The second-order valence-corrected chi connectivity index (χ2v) is 7.56. The van der Waals surface area contributed by atoms with Gasteiger partial charge in [0.2, 0.25) is 0 Å². The van der Waals surface area contributed by atoms with Gasteiger partial charge in [-0.15, -0.1) is 11.8 Å². The minimum atomic E-state index is 0.404. The van der Waals surface area contributed by atoms with Gasteiger partial charge >= 0.3 is 0 Å². The van der Waals surface area contributed by atoms with Crippen molar-refractivity contribution in [1.29, 1.82) is 0 Å². The maximum Gasteiger partial charge on any atom is 0.174 e. The van der Waals surface area contributed by atoms with Gasteiger partial charge in [0.15, 0.2) is 11.5 Å². The van der Waals surface area contributed by atoms with E-state index in [-0.39, 0.29) is 0 Å². The Morgan fingerprint density at radius 3 is 2.83 bits per heavy atom. The van der Waals surface area contributed by atoms with Crippen LogP contribution in [0.2, 0.25) is 5.02 Å². The van der Waals surface area contributed by atoms with Crippen molar-refractivity contribution in [3.63, 3.8) is 0 Å². The zero-order chi connectivity index (χ0) is 16.2. The largest absolute Gasteiger partial charge is 0.493 e. The van der Waals surface area contributed by atoms with Gasteiger partial charge < -0.3 is 9.47 Å². The summed E-state index contributed by atoms with van der Waals surface area (Å²) in [5.41, 5.74) is 2.03. The van der Waals surface area contributed by atoms with E-state index in [1.165, 1.54) is 0 Å². The van der Waals surface area contributed by atoms with Crippen LogP contribution in [0.15, 0.2) is 41.4 Å². The van der Waals surface area contributed by atoms with E-state index < -0.39 is 0 Å². The highest BCUT2D eigenvalue weighted by Gasteiger charge is 2.17. The molecule has 1 heterocycles. The lowest BCUT2D eigenvalue weighted by Gasteiger charge is -2.15. The molecule has 0 N–H and O–H groups in total. The number of hydrogen-bond acceptors (Lipinski definition) is 4. The van der Waals surface area contributed by atoms with Crippen LogP contribution in [0.1, 0.15) is 11.1 Å². The van der Waals surface area contributed by atoms with Gasteiger partial charge in [0.25, 0.3) is 0 Å². The third-order valence-electron chi connectivity index (χ3n) is 3.39. The molecule has 0 saturated carbocycles. The van der Waals surface area contributed by atoms with Gasteiger partial charge in [-0.1, -0.05) is 29.8 Å². The van der Waals surface area contributed by atoms with E-state index in [1.807, 2.05) is 30.3 Å². The van der Waals surface area contributed by atoms with Crippen LogP contribution >= 0.6 is 46.0 Å². The lowest BCUT2D eigenvalue weighted by atomic mass is 10.2. The maximum absolute atomic E-state index is 6.18. The Balaban J connectivity index is 1.85. The van der Waals surface area contributed by atoms with E-state index in [9.17, 15) is 0 Å². The van der Waals surface area contributed by atoms with Gasteiger partial charge in [0.1, 0.15) is 6.61 Å². The topological polar surface area (TPSA) is 30.8 Å². The van der Waals surface area contributed by atoms with Crippen molar-refractivity contribution in [3.8, 4) is 11.5 Å². The van der Waals surface area contributed by atoms with Crippen molar-refractivity contribution >= 4 is 51.0 Å². The fourth-order valence-electron chi connectivity index (χ4n) is 2.26. The Kier molecular flexibility index (Phi) is 5.71. The molecule has 0 spiro atoms. The van der Waals surface area contributed by atoms with Crippen molar-refractivity contribution in [1.82, 2.24) is 0 Å². The molecule has 0 bridgehead atoms. The predicted octanol–water partition coefficient (Wildman–Crippen LogP) is 5.03. The number of nitrogens with zero attached hydrogens (tertiary/aromatic N) is 1. The van der Waals surface area contributed by atoms with E-state index in [0.717, 1.165) is 37.8 Å². The summed E-state index contributed by atoms with van der Waals surface area (Å²) in [5.74, 6) is 2.49. The molecule has 0 saturated heterocycles. The summed E-state index contributed by atoms with van der Waals surface area (Å²) in [5, 5.41) is 1.77. The van der Waals surface area contributed by atoms with Crippen LogP contribution in [0.3, 0.4) is 0 Å². The summed E-state index contributed by atoms with van der Waals surface area (Å²) in [6, 6.07) is 11.8. The SMILES string of the molecule is COc1cc(C2=NCCS2)cc(I)c1OCc1ccccc1Cl. The summed E-state index contributed by atoms with van der Waals surface area (Å²) in [6.07, 6.45) is 0. The fourth-order valence-corrected chi connectivity index (χ4v) is 4.05. The van der Waals surface area contributed by atoms with Gasteiger partial charge in [-0.05, 0) is 40.8 Å². The second-order valence-electron chi connectivity index (χ2n) is 4.90. The third kappa shape index (κ3) is 3.95. The first-order valence-corrected chi connectivity index (χ1v) is 9.54. The van der Waals surface area contributed by atoms with Gasteiger partial charge in [-0.2, -0.15) is 0 Å². The molecule has 0 radical (unpaired) electrons. The summed E-state index contributed by atoms with van der Waals surface area (Å²) >= 11 is 10.2. The van der Waals surface area contributed by atoms with Crippen LogP contribution in [-0.4, -0.2) is 24.5 Å². The Bertz CT molecular complexity index is 751. The number of methoxy groups -OCH3 is 1. The lowest BCUT2D eigenvalue weighted by Crippen LogP contribution is -2.02. The Labute approximate surface area is 158 Å². The van der Waals surface area contributed by atoms with Crippen LogP contribution in [0.25, 0.3) is 0 Å². The van der Waals surface area contributed by atoms with E-state index in [4.69, 9.17) is 21.1 Å².